The summed E-state index contributed by atoms with van der Waals surface area (Å²) in [5, 5.41) is 4.46. The lowest BCUT2D eigenvalue weighted by Gasteiger charge is -2.34. The molecule has 30 heavy (non-hydrogen) atoms. The molecule has 7 nitrogen and oxygen atoms in total. The van der Waals surface area contributed by atoms with Crippen molar-refractivity contribution in [1.29, 1.82) is 0 Å². The van der Waals surface area contributed by atoms with Crippen LogP contribution in [0.15, 0.2) is 18.3 Å². The van der Waals surface area contributed by atoms with Crippen molar-refractivity contribution in [3.8, 4) is 0 Å². The molecule has 0 spiro atoms. The fourth-order valence-corrected chi connectivity index (χ4v) is 4.44. The van der Waals surface area contributed by atoms with E-state index in [2.05, 4.69) is 53.5 Å². The Bertz CT molecular complexity index is 1070. The van der Waals surface area contributed by atoms with Gasteiger partial charge in [0, 0.05) is 58.1 Å². The molecular weight excluding hydrogens is 376 g/mol. The van der Waals surface area contributed by atoms with Crippen molar-refractivity contribution in [3.63, 3.8) is 0 Å². The number of aromatic nitrogens is 4. The molecule has 1 saturated heterocycles. The number of aryl methyl sites for hydroxylation is 4. The van der Waals surface area contributed by atoms with Crippen LogP contribution in [-0.2, 0) is 24.8 Å². The monoisotopic (exact) mass is 408 g/mol. The molecule has 7 heteroatoms. The number of carbonyl (C=O) groups is 1. The van der Waals surface area contributed by atoms with Gasteiger partial charge < -0.3 is 9.30 Å². The maximum Gasteiger partial charge on any atom is 0.222 e. The van der Waals surface area contributed by atoms with Gasteiger partial charge in [0.05, 0.1) is 17.1 Å². The third-order valence-electron chi connectivity index (χ3n) is 6.43. The van der Waals surface area contributed by atoms with Gasteiger partial charge in [0.15, 0.2) is 0 Å². The summed E-state index contributed by atoms with van der Waals surface area (Å²) in [6.45, 7) is 12.5. The summed E-state index contributed by atoms with van der Waals surface area (Å²) in [4.78, 5) is 21.9. The molecule has 0 N–H and O–H groups in total. The van der Waals surface area contributed by atoms with E-state index in [0.29, 0.717) is 6.42 Å². The fraction of sp³-hybridized carbons (Fsp3) is 0.522. The lowest BCUT2D eigenvalue weighted by atomic mass is 10.1. The molecule has 0 radical (unpaired) electrons. The van der Waals surface area contributed by atoms with E-state index in [1.54, 1.807) is 0 Å². The van der Waals surface area contributed by atoms with Crippen LogP contribution in [0.25, 0.3) is 5.65 Å². The van der Waals surface area contributed by atoms with Gasteiger partial charge in [-0.15, -0.1) is 0 Å². The number of fused-ring (bicyclic) bond motifs is 1. The van der Waals surface area contributed by atoms with Gasteiger partial charge in [0.1, 0.15) is 5.65 Å². The van der Waals surface area contributed by atoms with E-state index in [1.807, 2.05) is 23.6 Å². The Morgan fingerprint density at radius 3 is 2.47 bits per heavy atom. The molecule has 4 rings (SSSR count). The van der Waals surface area contributed by atoms with Crippen molar-refractivity contribution < 1.29 is 4.79 Å². The number of pyridine rings is 1. The zero-order valence-electron chi connectivity index (χ0n) is 18.8. The quantitative estimate of drug-likeness (QED) is 0.651. The molecule has 0 saturated carbocycles. The highest BCUT2D eigenvalue weighted by Gasteiger charge is 2.23. The van der Waals surface area contributed by atoms with E-state index in [0.717, 1.165) is 61.9 Å². The third-order valence-corrected chi connectivity index (χ3v) is 6.43. The highest BCUT2D eigenvalue weighted by molar-refractivity contribution is 5.76. The molecular formula is C23H32N6O. The Balaban J connectivity index is 1.33. The lowest BCUT2D eigenvalue weighted by Crippen LogP contribution is -2.48. The van der Waals surface area contributed by atoms with Gasteiger partial charge in [-0.05, 0) is 57.4 Å². The molecule has 3 aromatic heterocycles. The van der Waals surface area contributed by atoms with Crippen molar-refractivity contribution >= 4 is 11.6 Å². The van der Waals surface area contributed by atoms with Crippen molar-refractivity contribution in [2.75, 3.05) is 26.2 Å². The minimum Gasteiger partial charge on any atom is -0.340 e. The van der Waals surface area contributed by atoms with Crippen molar-refractivity contribution in [3.05, 3.63) is 52.2 Å². The molecule has 0 bridgehead atoms. The van der Waals surface area contributed by atoms with Crippen LogP contribution in [0.5, 0.6) is 0 Å². The van der Waals surface area contributed by atoms with Gasteiger partial charge in [-0.3, -0.25) is 14.4 Å². The first kappa shape index (κ1) is 20.6. The average Bonchev–Trinajstić information content (AvgIpc) is 3.15. The first-order valence-electron chi connectivity index (χ1n) is 10.8. The molecule has 1 aliphatic rings. The number of imidazole rings is 1. The van der Waals surface area contributed by atoms with Crippen molar-refractivity contribution in [1.82, 2.24) is 29.0 Å². The Morgan fingerprint density at radius 1 is 1.07 bits per heavy atom. The second-order valence-corrected chi connectivity index (χ2v) is 8.51. The number of carbonyl (C=O) groups excluding carboxylic acids is 1. The van der Waals surface area contributed by atoms with E-state index < -0.39 is 0 Å². The van der Waals surface area contributed by atoms with E-state index in [-0.39, 0.29) is 5.91 Å². The summed E-state index contributed by atoms with van der Waals surface area (Å²) in [6.07, 6.45) is 3.44. The number of nitrogens with zero attached hydrogens (tertiary/aromatic N) is 6. The molecule has 0 atom stereocenters. The molecule has 0 aliphatic carbocycles. The van der Waals surface area contributed by atoms with Gasteiger partial charge in [-0.1, -0.05) is 0 Å². The Hall–Kier alpha value is -2.67. The highest BCUT2D eigenvalue weighted by atomic mass is 16.2. The van der Waals surface area contributed by atoms with Crippen molar-refractivity contribution in [2.24, 2.45) is 7.05 Å². The van der Waals surface area contributed by atoms with Crippen LogP contribution in [0, 0.1) is 27.7 Å². The Kier molecular flexibility index (Phi) is 5.64. The summed E-state index contributed by atoms with van der Waals surface area (Å²) in [7, 11) is 1.96. The van der Waals surface area contributed by atoms with Crippen LogP contribution in [0.1, 0.15) is 40.3 Å². The number of hydrogen-bond donors (Lipinski definition) is 0. The van der Waals surface area contributed by atoms with Gasteiger partial charge >= 0.3 is 0 Å². The maximum atomic E-state index is 12.8. The SMILES string of the molecule is Cc1ccn2c(CN3CCN(C(=O)CCc4c(C)nn(C)c4C)CC3)c(C)nc2c1. The van der Waals surface area contributed by atoms with E-state index >= 15 is 0 Å². The summed E-state index contributed by atoms with van der Waals surface area (Å²) < 4.78 is 4.09. The largest absolute Gasteiger partial charge is 0.340 e. The van der Waals surface area contributed by atoms with Gasteiger partial charge in [0.2, 0.25) is 5.91 Å². The summed E-state index contributed by atoms with van der Waals surface area (Å²) >= 11 is 0. The van der Waals surface area contributed by atoms with Crippen LogP contribution in [0.4, 0.5) is 0 Å². The summed E-state index contributed by atoms with van der Waals surface area (Å²) in [6, 6.07) is 4.25. The topological polar surface area (TPSA) is 58.7 Å². The summed E-state index contributed by atoms with van der Waals surface area (Å²) in [5.74, 6) is 0.249. The zero-order valence-corrected chi connectivity index (χ0v) is 18.8. The van der Waals surface area contributed by atoms with Crippen LogP contribution in [-0.4, -0.2) is 61.1 Å². The van der Waals surface area contributed by atoms with Crippen LogP contribution in [0.2, 0.25) is 0 Å². The van der Waals surface area contributed by atoms with Gasteiger partial charge in [-0.2, -0.15) is 5.10 Å². The average molecular weight is 409 g/mol. The first-order valence-corrected chi connectivity index (χ1v) is 10.8. The molecule has 160 valence electrons. The molecule has 4 heterocycles. The number of rotatable bonds is 5. The van der Waals surface area contributed by atoms with E-state index in [4.69, 9.17) is 4.98 Å². The standard InChI is InChI=1S/C23H32N6O/c1-16-8-9-29-21(18(3)24-22(29)14-16)15-27-10-12-28(13-11-27)23(30)7-6-20-17(2)25-26(5)19(20)4/h8-9,14H,6-7,10-13,15H2,1-5H3. The normalized spacial score (nSPS) is 15.3. The molecule has 3 aromatic rings. The highest BCUT2D eigenvalue weighted by Crippen LogP contribution is 2.18. The number of piperazine rings is 1. The molecule has 0 unspecified atom stereocenters. The summed E-state index contributed by atoms with van der Waals surface area (Å²) in [5.41, 5.74) is 7.96. The molecule has 1 fully saturated rings. The van der Waals surface area contributed by atoms with Crippen LogP contribution >= 0.6 is 0 Å². The molecule has 1 amide bonds. The predicted molar refractivity (Wildman–Crippen MR) is 118 cm³/mol. The number of hydrogen-bond acceptors (Lipinski definition) is 4. The lowest BCUT2D eigenvalue weighted by molar-refractivity contribution is -0.133. The van der Waals surface area contributed by atoms with Gasteiger partial charge in [-0.25, -0.2) is 4.98 Å². The Labute approximate surface area is 178 Å². The first-order chi connectivity index (χ1) is 14.3. The molecule has 0 aromatic carbocycles. The van der Waals surface area contributed by atoms with Crippen molar-refractivity contribution in [2.45, 2.75) is 47.1 Å². The molecule has 1 aliphatic heterocycles. The predicted octanol–water partition coefficient (Wildman–Crippen LogP) is 2.58. The van der Waals surface area contributed by atoms with Crippen LogP contribution in [0.3, 0.4) is 0 Å². The maximum absolute atomic E-state index is 12.8. The second-order valence-electron chi connectivity index (χ2n) is 8.51. The van der Waals surface area contributed by atoms with E-state index in [9.17, 15) is 4.79 Å². The minimum atomic E-state index is 0.249. The fourth-order valence-electron chi connectivity index (χ4n) is 4.44. The van der Waals surface area contributed by atoms with E-state index in [1.165, 1.54) is 16.8 Å². The third kappa shape index (κ3) is 3.99. The Morgan fingerprint density at radius 2 is 1.80 bits per heavy atom. The van der Waals surface area contributed by atoms with Crippen LogP contribution < -0.4 is 0 Å². The van der Waals surface area contributed by atoms with Gasteiger partial charge in [0.25, 0.3) is 0 Å². The second kappa shape index (κ2) is 8.22. The smallest absolute Gasteiger partial charge is 0.222 e. The zero-order chi connectivity index (χ0) is 21.4. The minimum absolute atomic E-state index is 0.249. The number of amides is 1.